The second-order valence-corrected chi connectivity index (χ2v) is 17.8. The van der Waals surface area contributed by atoms with E-state index in [1.54, 1.807) is 31.4 Å². The number of amides is 2. The highest BCUT2D eigenvalue weighted by molar-refractivity contribution is 6.91. The molecule has 0 unspecified atom stereocenters. The first-order valence-electron chi connectivity index (χ1n) is 16.1. The SMILES string of the molecule is COc1ccc([Si](C)(C)[C@@H]2[C@@H](C)[C@@H](CCc3cccc(NC(=O)c4ccc(N)cc4)c3)O[C@H]2CC(=O)N2CCC[C@H]2CO)cc1. The number of aliphatic hydroxyl groups excluding tert-OH is 1. The minimum absolute atomic E-state index is 0.00179. The molecule has 2 aliphatic heterocycles. The van der Waals surface area contributed by atoms with Crippen molar-refractivity contribution in [3.8, 4) is 5.75 Å². The number of nitrogen functional groups attached to an aromatic ring is 1. The molecule has 2 heterocycles. The summed E-state index contributed by atoms with van der Waals surface area (Å²) in [5.74, 6) is 0.993. The minimum Gasteiger partial charge on any atom is -0.497 e. The standard InChI is InChI=1S/C36H47N3O5Si/c1-24-32(19-10-25-7-5-8-28(21-25)38-36(42)26-11-13-27(37)14-12-26)44-33(22-34(41)39-20-6-9-29(39)23-40)35(24)45(3,4)31-17-15-30(43-2)16-18-31/h5,7-8,11-18,21,24,29,32-33,35,40H,6,9-10,19-20,22-23,37H2,1-4H3,(H,38,42)/t24-,29-,32+,33-,35+/m0/s1. The number of aliphatic hydroxyl groups is 1. The van der Waals surface area contributed by atoms with Gasteiger partial charge >= 0.3 is 0 Å². The molecule has 0 aromatic heterocycles. The first kappa shape index (κ1) is 32.7. The minimum atomic E-state index is -2.11. The van der Waals surface area contributed by atoms with Gasteiger partial charge in [0.25, 0.3) is 5.91 Å². The van der Waals surface area contributed by atoms with Crippen molar-refractivity contribution in [2.75, 3.05) is 31.3 Å². The summed E-state index contributed by atoms with van der Waals surface area (Å²) >= 11 is 0. The normalized spacial score (nSPS) is 23.2. The van der Waals surface area contributed by atoms with Crippen LogP contribution >= 0.6 is 0 Å². The summed E-state index contributed by atoms with van der Waals surface area (Å²) in [5.41, 5.74) is 9.03. The van der Waals surface area contributed by atoms with Gasteiger partial charge in [-0.3, -0.25) is 9.59 Å². The molecule has 8 nitrogen and oxygen atoms in total. The van der Waals surface area contributed by atoms with Gasteiger partial charge in [-0.1, -0.05) is 49.5 Å². The van der Waals surface area contributed by atoms with Gasteiger partial charge < -0.3 is 30.5 Å². The number of hydrogen-bond acceptors (Lipinski definition) is 6. The van der Waals surface area contributed by atoms with Gasteiger partial charge in [0.2, 0.25) is 5.91 Å². The van der Waals surface area contributed by atoms with Gasteiger partial charge in [-0.05, 0) is 91.2 Å². The number of rotatable bonds is 11. The van der Waals surface area contributed by atoms with Crippen molar-refractivity contribution < 1.29 is 24.2 Å². The van der Waals surface area contributed by atoms with E-state index < -0.39 is 8.07 Å². The van der Waals surface area contributed by atoms with Gasteiger partial charge in [0.1, 0.15) is 5.75 Å². The Hall–Kier alpha value is -3.66. The van der Waals surface area contributed by atoms with E-state index in [0.29, 0.717) is 24.2 Å². The van der Waals surface area contributed by atoms with Crippen molar-refractivity contribution in [3.63, 3.8) is 0 Å². The molecule has 9 heteroatoms. The maximum absolute atomic E-state index is 13.6. The van der Waals surface area contributed by atoms with Crippen molar-refractivity contribution in [1.29, 1.82) is 0 Å². The van der Waals surface area contributed by atoms with Crippen LogP contribution in [0, 0.1) is 5.92 Å². The highest BCUT2D eigenvalue weighted by atomic mass is 28.3. The molecule has 3 aromatic rings. The van der Waals surface area contributed by atoms with E-state index in [0.717, 1.165) is 42.7 Å². The Labute approximate surface area is 267 Å². The number of hydrogen-bond donors (Lipinski definition) is 3. The number of benzene rings is 3. The van der Waals surface area contributed by atoms with Crippen LogP contribution in [0.2, 0.25) is 18.6 Å². The second-order valence-electron chi connectivity index (χ2n) is 13.1. The van der Waals surface area contributed by atoms with Crippen LogP contribution in [-0.4, -0.2) is 68.4 Å². The maximum atomic E-state index is 13.6. The van der Waals surface area contributed by atoms with Crippen LogP contribution in [0.25, 0.3) is 0 Å². The summed E-state index contributed by atoms with van der Waals surface area (Å²) in [5, 5.41) is 14.2. The smallest absolute Gasteiger partial charge is 0.255 e. The zero-order valence-corrected chi connectivity index (χ0v) is 27.9. The predicted molar refractivity (Wildman–Crippen MR) is 182 cm³/mol. The summed E-state index contributed by atoms with van der Waals surface area (Å²) in [7, 11) is -0.430. The highest BCUT2D eigenvalue weighted by Crippen LogP contribution is 2.46. The topological polar surface area (TPSA) is 114 Å². The molecule has 0 bridgehead atoms. The Kier molecular flexibility index (Phi) is 10.3. The van der Waals surface area contributed by atoms with Crippen molar-refractivity contribution in [1.82, 2.24) is 4.90 Å². The van der Waals surface area contributed by atoms with Crippen LogP contribution in [0.4, 0.5) is 11.4 Å². The summed E-state index contributed by atoms with van der Waals surface area (Å²) in [6.45, 7) is 7.77. The van der Waals surface area contributed by atoms with Crippen LogP contribution in [0.1, 0.15) is 48.5 Å². The highest BCUT2D eigenvalue weighted by Gasteiger charge is 2.51. The fourth-order valence-corrected chi connectivity index (χ4v) is 11.5. The van der Waals surface area contributed by atoms with E-state index in [2.05, 4.69) is 43.5 Å². The lowest BCUT2D eigenvalue weighted by Gasteiger charge is -2.36. The molecule has 2 amide bonds. The first-order chi connectivity index (χ1) is 21.6. The number of ether oxygens (including phenoxy) is 2. The third kappa shape index (κ3) is 7.43. The number of nitrogens with two attached hydrogens (primary N) is 1. The molecule has 0 saturated carbocycles. The molecule has 2 saturated heterocycles. The molecular formula is C36H47N3O5Si. The van der Waals surface area contributed by atoms with Gasteiger partial charge in [0.05, 0.1) is 46.5 Å². The first-order valence-corrected chi connectivity index (χ1v) is 19.1. The fraction of sp³-hybridized carbons (Fsp3) is 0.444. The van der Waals surface area contributed by atoms with E-state index in [-0.39, 0.29) is 48.1 Å². The zero-order chi connectivity index (χ0) is 32.1. The lowest BCUT2D eigenvalue weighted by Crippen LogP contribution is -2.51. The number of carbonyl (C=O) groups is 2. The van der Waals surface area contributed by atoms with Crippen molar-refractivity contribution in [2.45, 2.75) is 75.9 Å². The third-order valence-corrected chi connectivity index (χ3v) is 14.3. The molecule has 5 rings (SSSR count). The fourth-order valence-electron chi connectivity index (χ4n) is 7.44. The van der Waals surface area contributed by atoms with E-state index in [4.69, 9.17) is 15.2 Å². The summed E-state index contributed by atoms with van der Waals surface area (Å²) < 4.78 is 12.3. The molecule has 0 radical (unpaired) electrons. The average molecular weight is 630 g/mol. The Bertz CT molecular complexity index is 1460. The van der Waals surface area contributed by atoms with Gasteiger partial charge in [-0.15, -0.1) is 0 Å². The largest absolute Gasteiger partial charge is 0.497 e. The summed E-state index contributed by atoms with van der Waals surface area (Å²) in [6, 6.07) is 23.1. The van der Waals surface area contributed by atoms with Crippen LogP contribution in [0.5, 0.6) is 5.75 Å². The second kappa shape index (κ2) is 14.2. The molecule has 0 aliphatic carbocycles. The predicted octanol–water partition coefficient (Wildman–Crippen LogP) is 5.23. The van der Waals surface area contributed by atoms with E-state index in [1.807, 2.05) is 35.2 Å². The average Bonchev–Trinajstić information content (AvgIpc) is 3.64. The molecule has 4 N–H and O–H groups in total. The van der Waals surface area contributed by atoms with Crippen LogP contribution in [-0.2, 0) is 16.0 Å². The lowest BCUT2D eigenvalue weighted by atomic mass is 9.95. The van der Waals surface area contributed by atoms with Gasteiger partial charge in [-0.2, -0.15) is 0 Å². The van der Waals surface area contributed by atoms with E-state index in [9.17, 15) is 14.7 Å². The van der Waals surface area contributed by atoms with E-state index >= 15 is 0 Å². The molecule has 2 aliphatic rings. The molecule has 45 heavy (non-hydrogen) atoms. The summed E-state index contributed by atoms with van der Waals surface area (Å²) in [4.78, 5) is 28.2. The number of nitrogens with one attached hydrogen (secondary N) is 1. The monoisotopic (exact) mass is 629 g/mol. The van der Waals surface area contributed by atoms with Gasteiger partial charge in [0, 0.05) is 23.5 Å². The molecule has 2 fully saturated rings. The molecule has 0 spiro atoms. The summed E-state index contributed by atoms with van der Waals surface area (Å²) in [6.07, 6.45) is 3.52. The Balaban J connectivity index is 1.31. The molecule has 3 aromatic carbocycles. The van der Waals surface area contributed by atoms with Crippen molar-refractivity contribution in [2.24, 2.45) is 5.92 Å². The van der Waals surface area contributed by atoms with Gasteiger partial charge in [0.15, 0.2) is 0 Å². The van der Waals surface area contributed by atoms with Crippen molar-refractivity contribution >= 4 is 36.4 Å². The maximum Gasteiger partial charge on any atom is 0.255 e. The van der Waals surface area contributed by atoms with Crippen LogP contribution in [0.15, 0.2) is 72.8 Å². The number of anilines is 2. The number of likely N-dealkylation sites (tertiary alicyclic amines) is 1. The number of carbonyl (C=O) groups excluding carboxylic acids is 2. The van der Waals surface area contributed by atoms with E-state index in [1.165, 1.54) is 5.19 Å². The number of aryl methyl sites for hydroxylation is 1. The Morgan fingerprint density at radius 3 is 2.49 bits per heavy atom. The van der Waals surface area contributed by atoms with Crippen LogP contribution < -0.4 is 21.0 Å². The van der Waals surface area contributed by atoms with Crippen LogP contribution in [0.3, 0.4) is 0 Å². The Morgan fingerprint density at radius 2 is 1.80 bits per heavy atom. The van der Waals surface area contributed by atoms with Gasteiger partial charge in [-0.25, -0.2) is 0 Å². The number of nitrogens with zero attached hydrogens (tertiary/aromatic N) is 1. The third-order valence-electron chi connectivity index (χ3n) is 9.93. The Morgan fingerprint density at radius 1 is 1.07 bits per heavy atom. The molecule has 240 valence electrons. The molecule has 5 atom stereocenters. The van der Waals surface area contributed by atoms with Crippen molar-refractivity contribution in [3.05, 3.63) is 83.9 Å². The zero-order valence-electron chi connectivity index (χ0n) is 26.9. The number of methoxy groups -OCH3 is 1. The quantitative estimate of drug-likeness (QED) is 0.198. The lowest BCUT2D eigenvalue weighted by molar-refractivity contribution is -0.135. The molecular weight excluding hydrogens is 582 g/mol.